The molecule has 52 heavy (non-hydrogen) atoms. The molecule has 0 aliphatic heterocycles. The number of hydrogen-bond acceptors (Lipinski definition) is 4. The topological polar surface area (TPSA) is 60.4 Å². The normalized spacial score (nSPS) is 12.2. The summed E-state index contributed by atoms with van der Waals surface area (Å²) in [6, 6.07) is 51.3. The van der Waals surface area contributed by atoms with Crippen molar-refractivity contribution in [1.82, 2.24) is 28.7 Å². The van der Waals surface area contributed by atoms with Gasteiger partial charge in [-0.25, -0.2) is 9.97 Å². The van der Waals surface area contributed by atoms with E-state index in [1.54, 1.807) is 0 Å². The second-order valence-electron chi connectivity index (χ2n) is 13.6. The quantitative estimate of drug-likeness (QED) is 0.173. The standard InChI is InChI=1S/C46H26N6/c1-5-13-41-31(9-1)35-25-47-39(23-33(35)45-49-37-11-3-7-15-43(37)51(41)45)28-19-17-27-18-20-29(22-30(27)21-28)40-24-34-36(26-48-40)32-10-2-6-14-42(32)52-44-16-8-4-12-38(44)50-46(34)52/h1-26H. The van der Waals surface area contributed by atoms with Crippen LogP contribution in [0.1, 0.15) is 0 Å². The fourth-order valence-electron chi connectivity index (χ4n) is 8.28. The molecule has 0 unspecified atom stereocenters. The van der Waals surface area contributed by atoms with Crippen LogP contribution in [0.5, 0.6) is 0 Å². The van der Waals surface area contributed by atoms with E-state index in [-0.39, 0.29) is 0 Å². The van der Waals surface area contributed by atoms with Gasteiger partial charge in [0.1, 0.15) is 11.3 Å². The van der Waals surface area contributed by atoms with E-state index in [0.29, 0.717) is 0 Å². The van der Waals surface area contributed by atoms with E-state index in [2.05, 4.69) is 142 Å². The molecule has 12 rings (SSSR count). The Hall–Kier alpha value is -7.18. The van der Waals surface area contributed by atoms with Crippen molar-refractivity contribution in [3.05, 3.63) is 158 Å². The van der Waals surface area contributed by atoms with Gasteiger partial charge in [0.25, 0.3) is 0 Å². The van der Waals surface area contributed by atoms with Gasteiger partial charge >= 0.3 is 0 Å². The molecule has 0 saturated carbocycles. The number of para-hydroxylation sites is 6. The highest BCUT2D eigenvalue weighted by atomic mass is 15.0. The minimum Gasteiger partial charge on any atom is -0.292 e. The Morgan fingerprint density at radius 1 is 0.346 bits per heavy atom. The maximum atomic E-state index is 5.12. The zero-order chi connectivity index (χ0) is 33.9. The van der Waals surface area contributed by atoms with E-state index in [0.717, 1.165) is 110 Å². The van der Waals surface area contributed by atoms with Crippen LogP contribution in [0, 0.1) is 0 Å². The van der Waals surface area contributed by atoms with E-state index in [1.165, 1.54) is 0 Å². The van der Waals surface area contributed by atoms with E-state index >= 15 is 0 Å². The second kappa shape index (κ2) is 10.2. The summed E-state index contributed by atoms with van der Waals surface area (Å²) in [7, 11) is 0. The molecule has 0 bridgehead atoms. The van der Waals surface area contributed by atoms with Gasteiger partial charge in [-0.3, -0.25) is 18.8 Å². The van der Waals surface area contributed by atoms with E-state index in [4.69, 9.17) is 19.9 Å². The van der Waals surface area contributed by atoms with Crippen molar-refractivity contribution in [1.29, 1.82) is 0 Å². The Balaban J connectivity index is 1.03. The first kappa shape index (κ1) is 27.6. The minimum atomic E-state index is 0.911. The van der Waals surface area contributed by atoms with Gasteiger partial charge in [-0.2, -0.15) is 0 Å². The highest BCUT2D eigenvalue weighted by Crippen LogP contribution is 2.37. The van der Waals surface area contributed by atoms with Gasteiger partial charge in [0.2, 0.25) is 0 Å². The summed E-state index contributed by atoms with van der Waals surface area (Å²) in [6.45, 7) is 0. The molecule has 0 atom stereocenters. The van der Waals surface area contributed by atoms with E-state index in [9.17, 15) is 0 Å². The molecule has 0 fully saturated rings. The lowest BCUT2D eigenvalue weighted by Crippen LogP contribution is -1.94. The van der Waals surface area contributed by atoms with Crippen LogP contribution in [-0.2, 0) is 0 Å². The third-order valence-corrected chi connectivity index (χ3v) is 10.7. The van der Waals surface area contributed by atoms with Crippen molar-refractivity contribution in [2.75, 3.05) is 0 Å². The van der Waals surface area contributed by atoms with E-state index in [1.807, 2.05) is 24.5 Å². The van der Waals surface area contributed by atoms with Crippen LogP contribution in [0.4, 0.5) is 0 Å². The second-order valence-corrected chi connectivity index (χ2v) is 13.6. The fraction of sp³-hybridized carbons (Fsp3) is 0. The Bertz CT molecular complexity index is 3250. The molecule has 0 radical (unpaired) electrons. The summed E-state index contributed by atoms with van der Waals surface area (Å²) in [5, 5.41) is 8.97. The Morgan fingerprint density at radius 2 is 0.788 bits per heavy atom. The van der Waals surface area contributed by atoms with Crippen molar-refractivity contribution in [2.24, 2.45) is 0 Å². The average molecular weight is 663 g/mol. The Labute approximate surface area is 295 Å². The molecule has 0 aliphatic rings. The molecule has 0 N–H and O–H groups in total. The SMILES string of the molecule is c1ccc2c(c1)nc1c3cc(-c4ccc5ccc(-c6cc7c(cn6)c6ccccc6n6c8ccccc8nc76)cc5c4)ncc3c3ccccc3n21. The number of fused-ring (bicyclic) bond motifs is 17. The summed E-state index contributed by atoms with van der Waals surface area (Å²) < 4.78 is 4.56. The fourth-order valence-corrected chi connectivity index (χ4v) is 8.28. The number of imidazole rings is 2. The Morgan fingerprint density at radius 3 is 1.29 bits per heavy atom. The van der Waals surface area contributed by atoms with Gasteiger partial charge < -0.3 is 0 Å². The molecular weight excluding hydrogens is 637 g/mol. The molecule has 6 heteroatoms. The van der Waals surface area contributed by atoms with Crippen LogP contribution >= 0.6 is 0 Å². The summed E-state index contributed by atoms with van der Waals surface area (Å²) >= 11 is 0. The number of hydrogen-bond donors (Lipinski definition) is 0. The van der Waals surface area contributed by atoms with Crippen LogP contribution in [0.2, 0.25) is 0 Å². The van der Waals surface area contributed by atoms with Crippen molar-refractivity contribution in [3.63, 3.8) is 0 Å². The maximum Gasteiger partial charge on any atom is 0.146 e. The zero-order valence-electron chi connectivity index (χ0n) is 27.7. The first-order valence-electron chi connectivity index (χ1n) is 17.5. The van der Waals surface area contributed by atoms with Crippen LogP contribution in [0.15, 0.2) is 158 Å². The number of nitrogens with zero attached hydrogens (tertiary/aromatic N) is 6. The number of aromatic nitrogens is 6. The van der Waals surface area contributed by atoms with Gasteiger partial charge in [-0.1, -0.05) is 84.9 Å². The largest absolute Gasteiger partial charge is 0.292 e. The number of pyridine rings is 4. The third-order valence-electron chi connectivity index (χ3n) is 10.7. The van der Waals surface area contributed by atoms with Crippen molar-refractivity contribution in [3.8, 4) is 22.5 Å². The molecule has 0 aliphatic carbocycles. The van der Waals surface area contributed by atoms with Crippen LogP contribution < -0.4 is 0 Å². The Kier molecular flexibility index (Phi) is 5.41. The van der Waals surface area contributed by atoms with Crippen molar-refractivity contribution >= 4 is 87.5 Å². The molecular formula is C46H26N6. The average Bonchev–Trinajstić information content (AvgIpc) is 3.80. The predicted molar refractivity (Wildman–Crippen MR) is 213 cm³/mol. The first-order chi connectivity index (χ1) is 25.8. The van der Waals surface area contributed by atoms with E-state index < -0.39 is 0 Å². The van der Waals surface area contributed by atoms with Gasteiger partial charge in [0, 0.05) is 55.8 Å². The number of rotatable bonds is 2. The molecule has 0 amide bonds. The van der Waals surface area contributed by atoms with Gasteiger partial charge in [-0.15, -0.1) is 0 Å². The highest BCUT2D eigenvalue weighted by molar-refractivity contribution is 6.15. The lowest BCUT2D eigenvalue weighted by molar-refractivity contribution is 1.30. The molecule has 6 heterocycles. The van der Waals surface area contributed by atoms with Crippen molar-refractivity contribution < 1.29 is 0 Å². The summed E-state index contributed by atoms with van der Waals surface area (Å²) in [5.74, 6) is 0. The highest BCUT2D eigenvalue weighted by Gasteiger charge is 2.17. The lowest BCUT2D eigenvalue weighted by atomic mass is 9.99. The summed E-state index contributed by atoms with van der Waals surface area (Å²) in [4.78, 5) is 20.3. The zero-order valence-corrected chi connectivity index (χ0v) is 27.7. The smallest absolute Gasteiger partial charge is 0.146 e. The predicted octanol–water partition coefficient (Wildman–Crippen LogP) is 11.2. The van der Waals surface area contributed by atoms with Crippen molar-refractivity contribution in [2.45, 2.75) is 0 Å². The third kappa shape index (κ3) is 3.78. The molecule has 6 aromatic carbocycles. The van der Waals surface area contributed by atoms with Gasteiger partial charge in [-0.05, 0) is 71.4 Å². The lowest BCUT2D eigenvalue weighted by Gasteiger charge is -2.11. The van der Waals surface area contributed by atoms with Gasteiger partial charge in [0.05, 0.1) is 44.5 Å². The number of benzene rings is 6. The monoisotopic (exact) mass is 662 g/mol. The summed E-state index contributed by atoms with van der Waals surface area (Å²) in [6.07, 6.45) is 4.02. The summed E-state index contributed by atoms with van der Waals surface area (Å²) in [5.41, 5.74) is 12.2. The maximum absolute atomic E-state index is 5.12. The minimum absolute atomic E-state index is 0.911. The molecule has 6 aromatic heterocycles. The molecule has 240 valence electrons. The first-order valence-corrected chi connectivity index (χ1v) is 17.5. The molecule has 0 spiro atoms. The molecule has 6 nitrogen and oxygen atoms in total. The van der Waals surface area contributed by atoms with Crippen LogP contribution in [-0.4, -0.2) is 28.7 Å². The molecule has 12 aromatic rings. The van der Waals surface area contributed by atoms with Crippen LogP contribution in [0.25, 0.3) is 110 Å². The van der Waals surface area contributed by atoms with Crippen LogP contribution in [0.3, 0.4) is 0 Å². The van der Waals surface area contributed by atoms with Gasteiger partial charge in [0.15, 0.2) is 0 Å². The molecule has 0 saturated heterocycles.